The molecule has 1 N–H and O–H groups in total. The van der Waals surface area contributed by atoms with Crippen molar-refractivity contribution >= 4 is 0 Å². The van der Waals surface area contributed by atoms with Crippen molar-refractivity contribution in [3.8, 4) is 5.75 Å². The molecule has 1 saturated heterocycles. The smallest absolute Gasteiger partial charge is 0.123 e. The second-order valence-corrected chi connectivity index (χ2v) is 6.03. The van der Waals surface area contributed by atoms with Crippen LogP contribution in [0.25, 0.3) is 0 Å². The lowest BCUT2D eigenvalue weighted by Crippen LogP contribution is -2.39. The maximum Gasteiger partial charge on any atom is 0.123 e. The molecule has 0 aromatic heterocycles. The molecule has 1 aliphatic rings. The van der Waals surface area contributed by atoms with Gasteiger partial charge in [-0.05, 0) is 51.8 Å². The molecular weight excluding hydrogens is 248 g/mol. The minimum Gasteiger partial charge on any atom is -0.496 e. The summed E-state index contributed by atoms with van der Waals surface area (Å²) in [7, 11) is 1.76. The minimum atomic E-state index is 0.565. The van der Waals surface area contributed by atoms with Crippen molar-refractivity contribution in [3.05, 3.63) is 29.8 Å². The maximum absolute atomic E-state index is 5.48. The highest BCUT2D eigenvalue weighted by Crippen LogP contribution is 2.22. The summed E-state index contributed by atoms with van der Waals surface area (Å²) in [5.41, 5.74) is 1.29. The molecule has 3 nitrogen and oxygen atoms in total. The summed E-state index contributed by atoms with van der Waals surface area (Å²) in [5, 5.41) is 3.45. The number of hydrogen-bond acceptors (Lipinski definition) is 3. The van der Waals surface area contributed by atoms with Gasteiger partial charge in [-0.25, -0.2) is 0 Å². The van der Waals surface area contributed by atoms with E-state index in [9.17, 15) is 0 Å². The number of nitrogens with one attached hydrogen (secondary N) is 1. The molecule has 2 rings (SSSR count). The van der Waals surface area contributed by atoms with E-state index < -0.39 is 0 Å². The molecule has 112 valence electrons. The van der Waals surface area contributed by atoms with Gasteiger partial charge in [-0.1, -0.05) is 18.2 Å². The number of methoxy groups -OCH3 is 1. The second kappa shape index (κ2) is 7.65. The third-order valence-corrected chi connectivity index (χ3v) is 4.25. The Morgan fingerprint density at radius 2 is 1.95 bits per heavy atom. The summed E-state index contributed by atoms with van der Waals surface area (Å²) >= 11 is 0. The SMILES string of the molecule is COc1ccccc1CN(CC1CCNCC1)C(C)C. The first-order valence-corrected chi connectivity index (χ1v) is 7.77. The van der Waals surface area contributed by atoms with Gasteiger partial charge in [0.25, 0.3) is 0 Å². The van der Waals surface area contributed by atoms with Crippen molar-refractivity contribution in [1.29, 1.82) is 0 Å². The maximum atomic E-state index is 5.48. The largest absolute Gasteiger partial charge is 0.496 e. The Morgan fingerprint density at radius 3 is 2.60 bits per heavy atom. The van der Waals surface area contributed by atoms with Crippen LogP contribution in [0.15, 0.2) is 24.3 Å². The second-order valence-electron chi connectivity index (χ2n) is 6.03. The van der Waals surface area contributed by atoms with Gasteiger partial charge in [-0.2, -0.15) is 0 Å². The van der Waals surface area contributed by atoms with Crippen LogP contribution in [0.2, 0.25) is 0 Å². The number of nitrogens with zero attached hydrogens (tertiary/aromatic N) is 1. The van der Waals surface area contributed by atoms with Crippen LogP contribution in [0.1, 0.15) is 32.3 Å². The molecule has 1 aromatic carbocycles. The van der Waals surface area contributed by atoms with E-state index in [4.69, 9.17) is 4.74 Å². The summed E-state index contributed by atoms with van der Waals surface area (Å²) in [4.78, 5) is 2.58. The molecule has 0 aliphatic carbocycles. The van der Waals surface area contributed by atoms with E-state index in [0.29, 0.717) is 6.04 Å². The van der Waals surface area contributed by atoms with Crippen LogP contribution in [0.4, 0.5) is 0 Å². The van der Waals surface area contributed by atoms with E-state index in [1.54, 1.807) is 7.11 Å². The molecule has 0 bridgehead atoms. The topological polar surface area (TPSA) is 24.5 Å². The number of benzene rings is 1. The van der Waals surface area contributed by atoms with E-state index >= 15 is 0 Å². The number of piperidine rings is 1. The summed E-state index contributed by atoms with van der Waals surface area (Å²) in [5.74, 6) is 1.83. The summed E-state index contributed by atoms with van der Waals surface area (Å²) in [6.07, 6.45) is 2.60. The highest BCUT2D eigenvalue weighted by Gasteiger charge is 2.19. The lowest BCUT2D eigenvalue weighted by atomic mass is 9.96. The van der Waals surface area contributed by atoms with Crippen LogP contribution in [-0.2, 0) is 6.54 Å². The summed E-state index contributed by atoms with van der Waals surface area (Å²) in [6, 6.07) is 8.93. The van der Waals surface area contributed by atoms with Gasteiger partial charge in [-0.3, -0.25) is 4.90 Å². The van der Waals surface area contributed by atoms with Crippen molar-refractivity contribution < 1.29 is 4.74 Å². The predicted octanol–water partition coefficient (Wildman–Crippen LogP) is 2.91. The molecule has 0 unspecified atom stereocenters. The molecule has 0 saturated carbocycles. The van der Waals surface area contributed by atoms with Gasteiger partial charge in [0.1, 0.15) is 5.75 Å². The van der Waals surface area contributed by atoms with Crippen molar-refractivity contribution in [2.45, 2.75) is 39.3 Å². The third-order valence-electron chi connectivity index (χ3n) is 4.25. The summed E-state index contributed by atoms with van der Waals surface area (Å²) in [6.45, 7) is 9.09. The average molecular weight is 276 g/mol. The van der Waals surface area contributed by atoms with Crippen LogP contribution in [-0.4, -0.2) is 37.7 Å². The monoisotopic (exact) mass is 276 g/mol. The van der Waals surface area contributed by atoms with Crippen LogP contribution in [0.3, 0.4) is 0 Å². The zero-order valence-corrected chi connectivity index (χ0v) is 13.1. The Morgan fingerprint density at radius 1 is 1.25 bits per heavy atom. The van der Waals surface area contributed by atoms with Crippen LogP contribution in [0.5, 0.6) is 5.75 Å². The molecule has 0 amide bonds. The average Bonchev–Trinajstić information content (AvgIpc) is 2.48. The fourth-order valence-electron chi connectivity index (χ4n) is 2.91. The zero-order valence-electron chi connectivity index (χ0n) is 13.1. The molecular formula is C17H28N2O. The molecule has 1 fully saturated rings. The standard InChI is InChI=1S/C17H28N2O/c1-14(2)19(12-15-8-10-18-11-9-15)13-16-6-4-5-7-17(16)20-3/h4-7,14-15,18H,8-13H2,1-3H3. The lowest BCUT2D eigenvalue weighted by molar-refractivity contribution is 0.160. The first-order valence-electron chi connectivity index (χ1n) is 7.77. The highest BCUT2D eigenvalue weighted by molar-refractivity contribution is 5.33. The lowest BCUT2D eigenvalue weighted by Gasteiger charge is -2.33. The van der Waals surface area contributed by atoms with E-state index in [1.165, 1.54) is 38.0 Å². The van der Waals surface area contributed by atoms with Gasteiger partial charge >= 0.3 is 0 Å². The van der Waals surface area contributed by atoms with Crippen LogP contribution in [0, 0.1) is 5.92 Å². The fraction of sp³-hybridized carbons (Fsp3) is 0.647. The van der Waals surface area contributed by atoms with E-state index in [-0.39, 0.29) is 0 Å². The summed E-state index contributed by atoms with van der Waals surface area (Å²) < 4.78 is 5.48. The number of hydrogen-bond donors (Lipinski definition) is 1. The van der Waals surface area contributed by atoms with Crippen LogP contribution < -0.4 is 10.1 Å². The van der Waals surface area contributed by atoms with Crippen molar-refractivity contribution in [2.75, 3.05) is 26.7 Å². The van der Waals surface area contributed by atoms with Gasteiger partial charge < -0.3 is 10.1 Å². The van der Waals surface area contributed by atoms with Gasteiger partial charge in [-0.15, -0.1) is 0 Å². The Bertz CT molecular complexity index is 400. The Hall–Kier alpha value is -1.06. The van der Waals surface area contributed by atoms with Crippen LogP contribution >= 0.6 is 0 Å². The molecule has 3 heteroatoms. The quantitative estimate of drug-likeness (QED) is 0.864. The highest BCUT2D eigenvalue weighted by atomic mass is 16.5. The van der Waals surface area contributed by atoms with Gasteiger partial charge in [0.15, 0.2) is 0 Å². The molecule has 1 heterocycles. The molecule has 1 aliphatic heterocycles. The Labute approximate surface area is 123 Å². The van der Waals surface area contributed by atoms with E-state index in [0.717, 1.165) is 18.2 Å². The number of rotatable bonds is 6. The molecule has 0 atom stereocenters. The molecule has 20 heavy (non-hydrogen) atoms. The molecule has 0 spiro atoms. The van der Waals surface area contributed by atoms with Crippen molar-refractivity contribution in [3.63, 3.8) is 0 Å². The Kier molecular flexibility index (Phi) is 5.86. The van der Waals surface area contributed by atoms with Gasteiger partial charge in [0, 0.05) is 24.7 Å². The van der Waals surface area contributed by atoms with Crippen molar-refractivity contribution in [2.24, 2.45) is 5.92 Å². The minimum absolute atomic E-state index is 0.565. The third kappa shape index (κ3) is 4.22. The molecule has 1 aromatic rings. The van der Waals surface area contributed by atoms with E-state index in [1.807, 2.05) is 6.07 Å². The van der Waals surface area contributed by atoms with Gasteiger partial charge in [0.2, 0.25) is 0 Å². The Balaban J connectivity index is 2.01. The first-order chi connectivity index (χ1) is 9.70. The first kappa shape index (κ1) is 15.3. The number of ether oxygens (including phenoxy) is 1. The van der Waals surface area contributed by atoms with Crippen molar-refractivity contribution in [1.82, 2.24) is 10.2 Å². The molecule has 0 radical (unpaired) electrons. The normalized spacial score (nSPS) is 16.9. The fourth-order valence-corrected chi connectivity index (χ4v) is 2.91. The number of para-hydroxylation sites is 1. The predicted molar refractivity (Wildman–Crippen MR) is 84.1 cm³/mol. The zero-order chi connectivity index (χ0) is 14.4. The van der Waals surface area contributed by atoms with Gasteiger partial charge in [0.05, 0.1) is 7.11 Å². The van der Waals surface area contributed by atoms with E-state index in [2.05, 4.69) is 42.3 Å².